The standard InChI is InChI=1S/C36H71NO4Si2/c1-34(2,3)41-33(38)37-29-31(24-20-16-14-18-22-26-39-42(10,11)35(4,5)6)28-32(30-37)25-21-17-15-19-23-27-40-43(12,13)36(7,8)9/h20-21,24-25,31-32H,14-19,22-23,26-30H2,1-13H3. The van der Waals surface area contributed by atoms with Gasteiger partial charge < -0.3 is 18.5 Å². The lowest BCUT2D eigenvalue weighted by atomic mass is 9.88. The van der Waals surface area contributed by atoms with Gasteiger partial charge in [-0.1, -0.05) is 78.7 Å². The van der Waals surface area contributed by atoms with Crippen molar-refractivity contribution in [1.29, 1.82) is 0 Å². The van der Waals surface area contributed by atoms with E-state index in [-0.39, 0.29) is 16.2 Å². The Labute approximate surface area is 269 Å². The fourth-order valence-corrected chi connectivity index (χ4v) is 6.86. The molecular weight excluding hydrogens is 567 g/mol. The summed E-state index contributed by atoms with van der Waals surface area (Å²) in [5, 5.41) is 0.548. The normalized spacial score (nSPS) is 19.5. The van der Waals surface area contributed by atoms with Crippen molar-refractivity contribution in [3.8, 4) is 0 Å². The molecule has 2 unspecified atom stereocenters. The van der Waals surface area contributed by atoms with E-state index in [2.05, 4.69) is 92.0 Å². The first kappa shape index (κ1) is 40.1. The molecule has 1 fully saturated rings. The molecule has 5 nitrogen and oxygen atoms in total. The van der Waals surface area contributed by atoms with Crippen LogP contribution in [0.2, 0.25) is 36.3 Å². The van der Waals surface area contributed by atoms with Crippen LogP contribution in [0.25, 0.3) is 0 Å². The van der Waals surface area contributed by atoms with Crippen LogP contribution in [-0.2, 0) is 13.6 Å². The number of carbonyl (C=O) groups excluding carboxylic acids is 1. The van der Waals surface area contributed by atoms with Crippen LogP contribution in [0, 0.1) is 11.8 Å². The van der Waals surface area contributed by atoms with Crippen molar-refractivity contribution in [2.75, 3.05) is 26.3 Å². The Morgan fingerprint density at radius 1 is 0.674 bits per heavy atom. The summed E-state index contributed by atoms with van der Waals surface area (Å²) in [6.07, 6.45) is 19.5. The topological polar surface area (TPSA) is 48.0 Å². The molecule has 2 atom stereocenters. The number of unbranched alkanes of at least 4 members (excludes halogenated alkanes) is 6. The predicted octanol–water partition coefficient (Wildman–Crippen LogP) is 11.1. The zero-order chi connectivity index (χ0) is 33.0. The molecule has 1 saturated heterocycles. The summed E-state index contributed by atoms with van der Waals surface area (Å²) in [4.78, 5) is 14.9. The number of hydrogen-bond donors (Lipinski definition) is 0. The zero-order valence-corrected chi connectivity index (χ0v) is 32.7. The zero-order valence-electron chi connectivity index (χ0n) is 30.7. The molecule has 1 rings (SSSR count). The second-order valence-electron chi connectivity index (χ2n) is 16.9. The molecular formula is C36H71NO4Si2. The number of rotatable bonds is 16. The third kappa shape index (κ3) is 16.3. The first-order valence-corrected chi connectivity index (χ1v) is 23.1. The number of ether oxygens (including phenoxy) is 1. The second-order valence-corrected chi connectivity index (χ2v) is 26.5. The molecule has 0 saturated carbocycles. The number of likely N-dealkylation sites (tertiary alicyclic amines) is 1. The first-order chi connectivity index (χ1) is 19.6. The van der Waals surface area contributed by atoms with Crippen molar-refractivity contribution in [3.05, 3.63) is 24.3 Å². The maximum absolute atomic E-state index is 13.0. The monoisotopic (exact) mass is 637 g/mol. The average molecular weight is 638 g/mol. The fraction of sp³-hybridized carbons (Fsp3) is 0.861. The van der Waals surface area contributed by atoms with Gasteiger partial charge in [-0.3, -0.25) is 0 Å². The highest BCUT2D eigenvalue weighted by Gasteiger charge is 2.37. The molecule has 0 spiro atoms. The van der Waals surface area contributed by atoms with Crippen molar-refractivity contribution in [2.45, 2.75) is 162 Å². The molecule has 0 N–H and O–H groups in total. The fourth-order valence-electron chi connectivity index (χ4n) is 4.68. The van der Waals surface area contributed by atoms with E-state index < -0.39 is 22.2 Å². The SMILES string of the molecule is CC(C)(C)OC(=O)N1CC(C=CCCCCCO[Si](C)(C)C(C)(C)C)CC(C=CCCCCCO[Si](C)(C)C(C)(C)C)C1. The Kier molecular flexibility index (Phi) is 16.5. The van der Waals surface area contributed by atoms with Gasteiger partial charge in [-0.25, -0.2) is 4.79 Å². The number of hydrogen-bond acceptors (Lipinski definition) is 4. The van der Waals surface area contributed by atoms with Crippen LogP contribution >= 0.6 is 0 Å². The van der Waals surface area contributed by atoms with E-state index in [0.717, 1.165) is 58.4 Å². The first-order valence-electron chi connectivity index (χ1n) is 17.2. The van der Waals surface area contributed by atoms with Gasteiger partial charge >= 0.3 is 6.09 Å². The summed E-state index contributed by atoms with van der Waals surface area (Å²) < 4.78 is 18.4. The van der Waals surface area contributed by atoms with E-state index in [1.165, 1.54) is 25.7 Å². The van der Waals surface area contributed by atoms with Crippen LogP contribution in [0.15, 0.2) is 24.3 Å². The maximum Gasteiger partial charge on any atom is 0.410 e. The molecule has 0 aliphatic carbocycles. The highest BCUT2D eigenvalue weighted by atomic mass is 28.4. The lowest BCUT2D eigenvalue weighted by Crippen LogP contribution is -2.45. The van der Waals surface area contributed by atoms with Gasteiger partial charge in [-0.05, 0) is 114 Å². The lowest BCUT2D eigenvalue weighted by molar-refractivity contribution is 0.0151. The second kappa shape index (κ2) is 17.7. The van der Waals surface area contributed by atoms with Gasteiger partial charge in [0, 0.05) is 26.3 Å². The number of piperidine rings is 1. The molecule has 0 aromatic carbocycles. The van der Waals surface area contributed by atoms with E-state index >= 15 is 0 Å². The van der Waals surface area contributed by atoms with Crippen molar-refractivity contribution in [2.24, 2.45) is 11.8 Å². The van der Waals surface area contributed by atoms with Gasteiger partial charge in [0.2, 0.25) is 0 Å². The van der Waals surface area contributed by atoms with E-state index in [0.29, 0.717) is 11.8 Å². The number of allylic oxidation sites excluding steroid dienone is 2. The Morgan fingerprint density at radius 3 is 1.42 bits per heavy atom. The average Bonchev–Trinajstić information content (AvgIpc) is 2.84. The molecule has 1 aliphatic heterocycles. The van der Waals surface area contributed by atoms with Gasteiger partial charge in [-0.2, -0.15) is 0 Å². The Morgan fingerprint density at radius 2 is 1.07 bits per heavy atom. The van der Waals surface area contributed by atoms with Gasteiger partial charge in [0.05, 0.1) is 0 Å². The van der Waals surface area contributed by atoms with Crippen LogP contribution < -0.4 is 0 Å². The highest BCUT2D eigenvalue weighted by Crippen LogP contribution is 2.37. The van der Waals surface area contributed by atoms with Gasteiger partial charge in [0.15, 0.2) is 16.6 Å². The molecule has 43 heavy (non-hydrogen) atoms. The summed E-state index contributed by atoms with van der Waals surface area (Å²) in [7, 11) is -3.28. The summed E-state index contributed by atoms with van der Waals surface area (Å²) in [6.45, 7) is 32.2. The molecule has 7 heteroatoms. The van der Waals surface area contributed by atoms with Crippen LogP contribution in [0.4, 0.5) is 4.79 Å². The minimum Gasteiger partial charge on any atom is -0.444 e. The molecule has 1 aliphatic rings. The predicted molar refractivity (Wildman–Crippen MR) is 191 cm³/mol. The molecule has 252 valence electrons. The van der Waals surface area contributed by atoms with E-state index in [1.807, 2.05) is 25.7 Å². The smallest absolute Gasteiger partial charge is 0.410 e. The molecule has 0 aromatic rings. The minimum atomic E-state index is -1.64. The Balaban J connectivity index is 2.52. The largest absolute Gasteiger partial charge is 0.444 e. The Bertz CT molecular complexity index is 806. The molecule has 0 aromatic heterocycles. The van der Waals surface area contributed by atoms with E-state index in [4.69, 9.17) is 13.6 Å². The quantitative estimate of drug-likeness (QED) is 0.0959. The maximum atomic E-state index is 13.0. The third-order valence-corrected chi connectivity index (χ3v) is 18.6. The van der Waals surface area contributed by atoms with Crippen LogP contribution in [0.5, 0.6) is 0 Å². The lowest BCUT2D eigenvalue weighted by Gasteiger charge is -2.36. The van der Waals surface area contributed by atoms with Gasteiger partial charge in [0.25, 0.3) is 0 Å². The minimum absolute atomic E-state index is 0.188. The van der Waals surface area contributed by atoms with Gasteiger partial charge in [0.1, 0.15) is 5.60 Å². The molecule has 0 bridgehead atoms. The number of carbonyl (C=O) groups is 1. The highest BCUT2D eigenvalue weighted by molar-refractivity contribution is 6.74. The molecule has 1 amide bonds. The van der Waals surface area contributed by atoms with E-state index in [9.17, 15) is 4.79 Å². The summed E-state index contributed by atoms with van der Waals surface area (Å²) in [5.41, 5.74) is -0.478. The van der Waals surface area contributed by atoms with Crippen molar-refractivity contribution in [3.63, 3.8) is 0 Å². The van der Waals surface area contributed by atoms with E-state index in [1.54, 1.807) is 0 Å². The molecule has 1 heterocycles. The summed E-state index contributed by atoms with van der Waals surface area (Å²) in [5.74, 6) is 0.732. The van der Waals surface area contributed by atoms with Crippen LogP contribution in [0.3, 0.4) is 0 Å². The summed E-state index contributed by atoms with van der Waals surface area (Å²) >= 11 is 0. The number of amides is 1. The van der Waals surface area contributed by atoms with Crippen LogP contribution in [0.1, 0.15) is 120 Å². The van der Waals surface area contributed by atoms with Crippen LogP contribution in [-0.4, -0.2) is 59.5 Å². The van der Waals surface area contributed by atoms with Crippen molar-refractivity contribution >= 4 is 22.7 Å². The van der Waals surface area contributed by atoms with Gasteiger partial charge in [-0.15, -0.1) is 0 Å². The Hall–Kier alpha value is -0.896. The van der Waals surface area contributed by atoms with Crippen molar-refractivity contribution in [1.82, 2.24) is 4.90 Å². The molecule has 0 radical (unpaired) electrons. The summed E-state index contributed by atoms with van der Waals surface area (Å²) in [6, 6.07) is 0. The third-order valence-electron chi connectivity index (χ3n) is 9.55. The number of nitrogens with zero attached hydrogens (tertiary/aromatic N) is 1. The van der Waals surface area contributed by atoms with Crippen molar-refractivity contribution < 1.29 is 18.4 Å².